The number of benzene rings is 2. The first-order chi connectivity index (χ1) is 11.9. The zero-order valence-electron chi connectivity index (χ0n) is 15.7. The summed E-state index contributed by atoms with van der Waals surface area (Å²) in [5.41, 5.74) is 3.22. The minimum atomic E-state index is -0.255. The van der Waals surface area contributed by atoms with Crippen molar-refractivity contribution in [3.05, 3.63) is 59.7 Å². The van der Waals surface area contributed by atoms with Gasteiger partial charge in [-0.3, -0.25) is 9.69 Å². The lowest BCUT2D eigenvalue weighted by Crippen LogP contribution is -2.39. The molecule has 0 aliphatic carbocycles. The molecular weight excluding hydrogens is 312 g/mol. The van der Waals surface area contributed by atoms with E-state index in [2.05, 4.69) is 43.4 Å². The predicted octanol–water partition coefficient (Wildman–Crippen LogP) is 4.28. The fourth-order valence-electron chi connectivity index (χ4n) is 2.62. The Morgan fingerprint density at radius 1 is 1.08 bits per heavy atom. The molecule has 1 amide bonds. The summed E-state index contributed by atoms with van der Waals surface area (Å²) >= 11 is 0. The number of hydrogen-bond donors (Lipinski definition) is 1. The SMILES string of the molecule is COc1ccccc1NC(=O)[C@@H](C)N(C)Cc1ccc(C(C)C)cc1. The van der Waals surface area contributed by atoms with Gasteiger partial charge in [-0.25, -0.2) is 0 Å². The Morgan fingerprint density at radius 2 is 1.72 bits per heavy atom. The van der Waals surface area contributed by atoms with E-state index >= 15 is 0 Å². The number of nitrogens with one attached hydrogen (secondary N) is 1. The number of amides is 1. The largest absolute Gasteiger partial charge is 0.495 e. The minimum Gasteiger partial charge on any atom is -0.495 e. The van der Waals surface area contributed by atoms with Crippen molar-refractivity contribution < 1.29 is 9.53 Å². The van der Waals surface area contributed by atoms with Crippen molar-refractivity contribution in [2.24, 2.45) is 0 Å². The van der Waals surface area contributed by atoms with Crippen LogP contribution in [0.5, 0.6) is 5.75 Å². The molecule has 4 heteroatoms. The molecule has 134 valence electrons. The molecule has 0 bridgehead atoms. The van der Waals surface area contributed by atoms with Gasteiger partial charge in [-0.1, -0.05) is 50.2 Å². The molecule has 2 aromatic carbocycles. The van der Waals surface area contributed by atoms with E-state index in [9.17, 15) is 4.79 Å². The molecule has 0 saturated heterocycles. The van der Waals surface area contributed by atoms with Crippen molar-refractivity contribution >= 4 is 11.6 Å². The van der Waals surface area contributed by atoms with Crippen LogP contribution in [0, 0.1) is 0 Å². The van der Waals surface area contributed by atoms with Gasteiger partial charge in [0.15, 0.2) is 0 Å². The lowest BCUT2D eigenvalue weighted by atomic mass is 10.0. The zero-order chi connectivity index (χ0) is 18.4. The molecule has 0 aliphatic rings. The summed E-state index contributed by atoms with van der Waals surface area (Å²) in [7, 11) is 3.56. The summed E-state index contributed by atoms with van der Waals surface area (Å²) in [4.78, 5) is 14.6. The molecule has 1 atom stereocenters. The van der Waals surface area contributed by atoms with Gasteiger partial charge in [0.05, 0.1) is 18.8 Å². The number of anilines is 1. The van der Waals surface area contributed by atoms with Gasteiger partial charge in [0, 0.05) is 6.54 Å². The topological polar surface area (TPSA) is 41.6 Å². The van der Waals surface area contributed by atoms with Crippen LogP contribution in [-0.2, 0) is 11.3 Å². The first-order valence-corrected chi connectivity index (χ1v) is 8.65. The number of likely N-dealkylation sites (N-methyl/N-ethyl adjacent to an activating group) is 1. The Morgan fingerprint density at radius 3 is 2.32 bits per heavy atom. The van der Waals surface area contributed by atoms with Crippen LogP contribution in [0.15, 0.2) is 48.5 Å². The summed E-state index contributed by atoms with van der Waals surface area (Å²) in [6.07, 6.45) is 0. The Bertz CT molecular complexity index is 695. The van der Waals surface area contributed by atoms with Crippen LogP contribution < -0.4 is 10.1 Å². The van der Waals surface area contributed by atoms with E-state index in [1.165, 1.54) is 11.1 Å². The van der Waals surface area contributed by atoms with E-state index < -0.39 is 0 Å². The fourth-order valence-corrected chi connectivity index (χ4v) is 2.62. The van der Waals surface area contributed by atoms with Gasteiger partial charge in [0.1, 0.15) is 5.75 Å². The monoisotopic (exact) mass is 340 g/mol. The van der Waals surface area contributed by atoms with Gasteiger partial charge >= 0.3 is 0 Å². The average Bonchev–Trinajstić information content (AvgIpc) is 2.61. The van der Waals surface area contributed by atoms with Gasteiger partial charge in [0.2, 0.25) is 5.91 Å². The summed E-state index contributed by atoms with van der Waals surface area (Å²) in [6, 6.07) is 15.8. The molecule has 0 saturated carbocycles. The standard InChI is InChI=1S/C21H28N2O2/c1-15(2)18-12-10-17(11-13-18)14-23(4)16(3)21(24)22-19-8-6-7-9-20(19)25-5/h6-13,15-16H,14H2,1-5H3,(H,22,24)/t16-/m1/s1. The lowest BCUT2D eigenvalue weighted by molar-refractivity contribution is -0.120. The van der Waals surface area contributed by atoms with Crippen LogP contribution >= 0.6 is 0 Å². The highest BCUT2D eigenvalue weighted by atomic mass is 16.5. The number of carbonyl (C=O) groups excluding carboxylic acids is 1. The number of ether oxygens (including phenoxy) is 1. The molecule has 0 unspecified atom stereocenters. The number of rotatable bonds is 7. The molecule has 0 aromatic heterocycles. The molecule has 0 heterocycles. The van der Waals surface area contributed by atoms with Crippen LogP contribution in [0.2, 0.25) is 0 Å². The van der Waals surface area contributed by atoms with Gasteiger partial charge in [-0.15, -0.1) is 0 Å². The van der Waals surface area contributed by atoms with Crippen LogP contribution in [0.3, 0.4) is 0 Å². The van der Waals surface area contributed by atoms with Crippen LogP contribution in [0.1, 0.15) is 37.8 Å². The minimum absolute atomic E-state index is 0.0502. The number of carbonyl (C=O) groups is 1. The highest BCUT2D eigenvalue weighted by Gasteiger charge is 2.19. The van der Waals surface area contributed by atoms with E-state index in [-0.39, 0.29) is 11.9 Å². The van der Waals surface area contributed by atoms with Crippen molar-refractivity contribution in [1.29, 1.82) is 0 Å². The smallest absolute Gasteiger partial charge is 0.241 e. The highest BCUT2D eigenvalue weighted by molar-refractivity contribution is 5.95. The Kier molecular flexibility index (Phi) is 6.59. The molecule has 2 rings (SSSR count). The van der Waals surface area contributed by atoms with Gasteiger partial charge < -0.3 is 10.1 Å². The molecule has 1 N–H and O–H groups in total. The number of para-hydroxylation sites is 2. The second-order valence-electron chi connectivity index (χ2n) is 6.68. The van der Waals surface area contributed by atoms with Gasteiger partial charge in [-0.2, -0.15) is 0 Å². The van der Waals surface area contributed by atoms with E-state index in [1.807, 2.05) is 43.1 Å². The molecule has 0 spiro atoms. The van der Waals surface area contributed by atoms with E-state index in [1.54, 1.807) is 7.11 Å². The van der Waals surface area contributed by atoms with E-state index in [4.69, 9.17) is 4.74 Å². The normalized spacial score (nSPS) is 12.3. The first-order valence-electron chi connectivity index (χ1n) is 8.65. The second-order valence-corrected chi connectivity index (χ2v) is 6.68. The third-order valence-corrected chi connectivity index (χ3v) is 4.48. The lowest BCUT2D eigenvalue weighted by Gasteiger charge is -2.24. The third kappa shape index (κ3) is 5.07. The number of nitrogens with zero attached hydrogens (tertiary/aromatic N) is 1. The second kappa shape index (κ2) is 8.67. The van der Waals surface area contributed by atoms with Crippen molar-refractivity contribution in [2.45, 2.75) is 39.3 Å². The zero-order valence-corrected chi connectivity index (χ0v) is 15.7. The molecular formula is C21H28N2O2. The molecule has 2 aromatic rings. The van der Waals surface area contributed by atoms with Gasteiger partial charge in [0.25, 0.3) is 0 Å². The molecule has 4 nitrogen and oxygen atoms in total. The molecule has 0 aliphatic heterocycles. The predicted molar refractivity (Wildman–Crippen MR) is 103 cm³/mol. The van der Waals surface area contributed by atoms with Crippen LogP contribution in [-0.4, -0.2) is 31.0 Å². The van der Waals surface area contributed by atoms with Crippen molar-refractivity contribution in [3.63, 3.8) is 0 Å². The fraction of sp³-hybridized carbons (Fsp3) is 0.381. The number of methoxy groups -OCH3 is 1. The maximum absolute atomic E-state index is 12.5. The average molecular weight is 340 g/mol. The van der Waals surface area contributed by atoms with E-state index in [0.717, 1.165) is 6.54 Å². The highest BCUT2D eigenvalue weighted by Crippen LogP contribution is 2.23. The van der Waals surface area contributed by atoms with Crippen LogP contribution in [0.25, 0.3) is 0 Å². The van der Waals surface area contributed by atoms with Crippen molar-refractivity contribution in [1.82, 2.24) is 4.90 Å². The summed E-state index contributed by atoms with van der Waals surface area (Å²) in [5, 5.41) is 2.95. The van der Waals surface area contributed by atoms with Crippen LogP contribution in [0.4, 0.5) is 5.69 Å². The first kappa shape index (κ1) is 19.0. The van der Waals surface area contributed by atoms with Gasteiger partial charge in [-0.05, 0) is 43.1 Å². The quantitative estimate of drug-likeness (QED) is 0.818. The summed E-state index contributed by atoms with van der Waals surface area (Å²) < 4.78 is 5.28. The maximum atomic E-state index is 12.5. The third-order valence-electron chi connectivity index (χ3n) is 4.48. The van der Waals surface area contributed by atoms with Crippen molar-refractivity contribution in [3.8, 4) is 5.75 Å². The Labute approximate surface area is 150 Å². The molecule has 25 heavy (non-hydrogen) atoms. The Balaban J connectivity index is 1.98. The maximum Gasteiger partial charge on any atom is 0.241 e. The summed E-state index contributed by atoms with van der Waals surface area (Å²) in [5.74, 6) is 1.14. The van der Waals surface area contributed by atoms with E-state index in [0.29, 0.717) is 17.4 Å². The number of hydrogen-bond acceptors (Lipinski definition) is 3. The molecule has 0 radical (unpaired) electrons. The Hall–Kier alpha value is -2.33. The summed E-state index contributed by atoms with van der Waals surface area (Å²) in [6.45, 7) is 7.00. The molecule has 0 fully saturated rings. The van der Waals surface area contributed by atoms with Crippen molar-refractivity contribution in [2.75, 3.05) is 19.5 Å².